The molecule has 9 amide bonds. The molecule has 0 fully saturated rings. The first kappa shape index (κ1) is 132. The molecule has 2 rings (SSSR count). The van der Waals surface area contributed by atoms with Gasteiger partial charge in [0, 0.05) is 39.4 Å². The SMILES string of the molecule is C=C(NCCNC(=O)CNC(=O)CNC(=O)CNC(=O)CNO)OCc1cn(CCOCCOCCOCCOCCOCCOCCOCCOCCOCCOCCOCCOCCOCCC(C)(C)C)nn1.CC(C)COCCOCCOCCOCCOCCOCCOCCOCCOCCOCCOCCn1cc(COC(=O)NCCNC(=O)CNC(=O)CNC(=O)CNC(=O)CNO)nn1. The highest BCUT2D eigenvalue weighted by Gasteiger charge is 2.16. The fraction of sp³-hybridized carbons (Fsp3) is 0.828. The first-order valence-corrected chi connectivity index (χ1v) is 47.6. The van der Waals surface area contributed by atoms with Gasteiger partial charge >= 0.3 is 6.09 Å². The summed E-state index contributed by atoms with van der Waals surface area (Å²) in [5, 5.41) is 57.0. The molecule has 2 aromatic rings. The Bertz CT molecular complexity index is 3350. The van der Waals surface area contributed by atoms with Crippen molar-refractivity contribution in [2.24, 2.45) is 11.3 Å². The van der Waals surface area contributed by atoms with Gasteiger partial charge in [-0.25, -0.2) is 14.2 Å². The molecular weight excluding hydrogens is 1890 g/mol. The van der Waals surface area contributed by atoms with Crippen LogP contribution in [0.3, 0.4) is 0 Å². The lowest BCUT2D eigenvalue weighted by molar-refractivity contribution is -0.128. The molecule has 0 radical (unpaired) electrons. The lowest BCUT2D eigenvalue weighted by atomic mass is 9.93. The zero-order valence-electron chi connectivity index (χ0n) is 83.8. The topological polar surface area (TPSA) is 640 Å². The maximum Gasteiger partial charge on any atom is 0.407 e. The van der Waals surface area contributed by atoms with Crippen LogP contribution in [0.2, 0.25) is 0 Å². The summed E-state index contributed by atoms with van der Waals surface area (Å²) in [4.78, 5) is 105. The third kappa shape index (κ3) is 97.6. The van der Waals surface area contributed by atoms with Crippen molar-refractivity contribution in [1.29, 1.82) is 0 Å². The highest BCUT2D eigenvalue weighted by Crippen LogP contribution is 2.18. The molecule has 0 atom stereocenters. The molecule has 0 aromatic carbocycles. The Hall–Kier alpha value is -8.47. The molecule has 55 nitrogen and oxygen atoms in total. The maximum atomic E-state index is 12.0. The molecule has 0 aliphatic heterocycles. The van der Waals surface area contributed by atoms with Crippen LogP contribution >= 0.6 is 0 Å². The number of hydrogen-bond donors (Lipinski definition) is 14. The van der Waals surface area contributed by atoms with E-state index in [2.05, 4.69) is 115 Å². The molecule has 14 N–H and O–H groups in total. The quantitative estimate of drug-likeness (QED) is 0.0167. The number of carbonyl (C=O) groups excluding carboxylic acids is 9. The smallest absolute Gasteiger partial charge is 0.407 e. The van der Waals surface area contributed by atoms with Crippen LogP contribution in [0.25, 0.3) is 0 Å². The van der Waals surface area contributed by atoms with E-state index >= 15 is 0 Å². The highest BCUT2D eigenvalue weighted by atomic mass is 16.6. The lowest BCUT2D eigenvalue weighted by Gasteiger charge is -2.17. The van der Waals surface area contributed by atoms with Crippen molar-refractivity contribution in [3.05, 3.63) is 36.2 Å². The number of hydrogen-bond acceptors (Lipinski definition) is 44. The van der Waals surface area contributed by atoms with Crippen molar-refractivity contribution in [2.45, 2.75) is 67.3 Å². The van der Waals surface area contributed by atoms with Crippen LogP contribution in [0.15, 0.2) is 24.9 Å². The fourth-order valence-electron chi connectivity index (χ4n) is 9.87. The largest absolute Gasteiger partial charge is 0.473 e. The molecule has 2 aromatic heterocycles. The monoisotopic (exact) mass is 2050 g/mol. The Balaban J connectivity index is 0.00000143. The molecule has 142 heavy (non-hydrogen) atoms. The van der Waals surface area contributed by atoms with Gasteiger partial charge in [0.1, 0.15) is 24.6 Å². The van der Waals surface area contributed by atoms with Gasteiger partial charge in [-0.05, 0) is 24.3 Å². The lowest BCUT2D eigenvalue weighted by Crippen LogP contribution is -2.45. The number of rotatable bonds is 104. The third-order valence-corrected chi connectivity index (χ3v) is 17.1. The van der Waals surface area contributed by atoms with E-state index in [4.69, 9.17) is 134 Å². The number of aromatic nitrogens is 6. The number of amides is 9. The molecule has 0 saturated carbocycles. The minimum absolute atomic E-state index is 0.0556. The van der Waals surface area contributed by atoms with Gasteiger partial charge in [-0.3, -0.25) is 38.4 Å². The molecule has 0 aliphatic carbocycles. The molecule has 824 valence electrons. The van der Waals surface area contributed by atoms with E-state index in [-0.39, 0.29) is 83.4 Å². The van der Waals surface area contributed by atoms with Crippen LogP contribution in [-0.2, 0) is 188 Å². The molecule has 0 spiro atoms. The highest BCUT2D eigenvalue weighted by molar-refractivity contribution is 5.91. The number of alkyl carbamates (subject to hydrolysis) is 1. The average molecular weight is 2050 g/mol. The number of hydroxylamine groups is 2. The van der Waals surface area contributed by atoms with Gasteiger partial charge in [-0.2, -0.15) is 11.0 Å². The van der Waals surface area contributed by atoms with Crippen LogP contribution in [0.1, 0.15) is 52.4 Å². The Labute approximate surface area is 831 Å². The normalized spacial score (nSPS) is 11.3. The van der Waals surface area contributed by atoms with Crippen LogP contribution in [0, 0.1) is 11.3 Å². The van der Waals surface area contributed by atoms with E-state index in [0.29, 0.717) is 341 Å². The second-order valence-corrected chi connectivity index (χ2v) is 31.0. The molecule has 2 heterocycles. The van der Waals surface area contributed by atoms with Crippen LogP contribution in [0.4, 0.5) is 4.79 Å². The summed E-state index contributed by atoms with van der Waals surface area (Å²) in [6, 6.07) is 0. The summed E-state index contributed by atoms with van der Waals surface area (Å²) in [5.74, 6) is -3.88. The molecule has 55 heteroatoms. The van der Waals surface area contributed by atoms with Gasteiger partial charge in [0.15, 0.2) is 5.88 Å². The Morgan fingerprint density at radius 2 is 0.486 bits per heavy atom. The van der Waals surface area contributed by atoms with Gasteiger partial charge in [-0.15, -0.1) is 10.2 Å². The number of nitrogens with zero attached hydrogens (tertiary/aromatic N) is 6. The van der Waals surface area contributed by atoms with E-state index < -0.39 is 66.4 Å². The summed E-state index contributed by atoms with van der Waals surface area (Å²) < 4.78 is 146. The summed E-state index contributed by atoms with van der Waals surface area (Å²) >= 11 is 0. The predicted octanol–water partition coefficient (Wildman–Crippen LogP) is -5.26. The zero-order valence-corrected chi connectivity index (χ0v) is 83.8. The summed E-state index contributed by atoms with van der Waals surface area (Å²) in [6.07, 6.45) is 3.65. The van der Waals surface area contributed by atoms with E-state index in [0.717, 1.165) is 19.6 Å². The molecule has 0 unspecified atom stereocenters. The summed E-state index contributed by atoms with van der Waals surface area (Å²) in [6.45, 7) is 36.7. The third-order valence-electron chi connectivity index (χ3n) is 17.1. The molecule has 0 bridgehead atoms. The number of nitrogens with one attached hydrogen (secondary N) is 12. The van der Waals surface area contributed by atoms with Crippen molar-refractivity contribution in [3.8, 4) is 0 Å². The zero-order chi connectivity index (χ0) is 103. The second kappa shape index (κ2) is 99.9. The van der Waals surface area contributed by atoms with Crippen LogP contribution < -0.4 is 64.1 Å². The molecular formula is C87H164N18O37. The average Bonchev–Trinajstić information content (AvgIpc) is 1.78. The first-order chi connectivity index (χ1) is 69.2. The van der Waals surface area contributed by atoms with Gasteiger partial charge in [0.2, 0.25) is 47.3 Å². The van der Waals surface area contributed by atoms with Gasteiger partial charge in [-0.1, -0.05) is 45.0 Å². The molecule has 0 aliphatic rings. The van der Waals surface area contributed by atoms with Crippen molar-refractivity contribution in [2.75, 3.05) is 396 Å². The van der Waals surface area contributed by atoms with E-state index in [9.17, 15) is 43.2 Å². The molecule has 0 saturated heterocycles. The number of carbonyl (C=O) groups is 9. The second-order valence-electron chi connectivity index (χ2n) is 31.0. The minimum atomic E-state index is -0.730. The Morgan fingerprint density at radius 3 is 0.725 bits per heavy atom. The number of ether oxygens (including phenoxy) is 26. The summed E-state index contributed by atoms with van der Waals surface area (Å²) in [7, 11) is 0. The van der Waals surface area contributed by atoms with Crippen LogP contribution in [0.5, 0.6) is 0 Å². The van der Waals surface area contributed by atoms with Crippen LogP contribution in [-0.4, -0.2) is 489 Å². The minimum Gasteiger partial charge on any atom is -0.473 e. The van der Waals surface area contributed by atoms with E-state index in [1.54, 1.807) is 32.7 Å². The maximum absolute atomic E-state index is 12.0. The van der Waals surface area contributed by atoms with Gasteiger partial charge in [0.05, 0.1) is 382 Å². The van der Waals surface area contributed by atoms with Gasteiger partial charge < -0.3 is 187 Å². The Morgan fingerprint density at radius 1 is 0.282 bits per heavy atom. The van der Waals surface area contributed by atoms with E-state index in [1.165, 1.54) is 0 Å². The van der Waals surface area contributed by atoms with E-state index in [1.807, 2.05) is 0 Å². The Kier molecular flexibility index (Phi) is 92.5. The summed E-state index contributed by atoms with van der Waals surface area (Å²) in [5.41, 5.74) is 4.59. The van der Waals surface area contributed by atoms with Crippen molar-refractivity contribution in [1.82, 2.24) is 94.1 Å². The standard InChI is InChI=1S/C47H89N9O19.C40H75N9O18/c1-41(48-6-7-49-43(57)35-50-44(58)36-51-45(59)37-52-46(60)38-53-61)75-40-42-39-56(55-54-42)8-10-63-12-14-65-16-18-67-20-22-69-24-26-71-28-30-73-32-34-74-33-31-72-29-27-70-25-23-68-21-19-66-17-15-64-13-11-62-9-5-47(2,3)4;1-34(2)32-66-26-25-65-24-23-64-22-21-63-20-19-62-18-17-61-16-15-60-14-13-59-12-11-58-10-9-57-8-7-56-6-5-49-31-35(47-48-49)33-67-40(54)42-4-3-41-36(50)27-43-37(51)28-44-38(52)29-45-39(53)30-46-55/h39,48,53,61H,1,5-38,40H2,2-4H3,(H,49,57)(H,50,58)(H,51,59)(H,52,60);31,34,46,55H,3-30,32-33H2,1-2H3,(H,41,50)(H,42,54)(H,43,51)(H,44,52)(H,45,53). The van der Waals surface area contributed by atoms with Crippen molar-refractivity contribution in [3.63, 3.8) is 0 Å². The van der Waals surface area contributed by atoms with Crippen molar-refractivity contribution >= 4 is 53.4 Å². The fourth-order valence-corrected chi connectivity index (χ4v) is 9.87. The van der Waals surface area contributed by atoms with Gasteiger partial charge in [0.25, 0.3) is 0 Å². The van der Waals surface area contributed by atoms with Crippen molar-refractivity contribution < 1.29 is 177 Å². The predicted molar refractivity (Wildman–Crippen MR) is 502 cm³/mol. The first-order valence-electron chi connectivity index (χ1n) is 47.6.